The second-order valence-electron chi connectivity index (χ2n) is 7.49. The molecule has 1 aromatic heterocycles. The lowest BCUT2D eigenvalue weighted by Crippen LogP contribution is -2.27. The van der Waals surface area contributed by atoms with Crippen molar-refractivity contribution >= 4 is 29.2 Å². The molecule has 0 aliphatic rings. The maximum absolute atomic E-state index is 12.1. The third-order valence-corrected chi connectivity index (χ3v) is 4.22. The summed E-state index contributed by atoms with van der Waals surface area (Å²) in [6, 6.07) is 17.4. The Morgan fingerprint density at radius 2 is 1.68 bits per heavy atom. The predicted octanol–water partition coefficient (Wildman–Crippen LogP) is 5.51. The molecular formula is C23H24N4O. The van der Waals surface area contributed by atoms with Crippen LogP contribution in [0.25, 0.3) is 17.3 Å². The average molecular weight is 372 g/mol. The summed E-state index contributed by atoms with van der Waals surface area (Å²) in [5.41, 5.74) is 4.04. The van der Waals surface area contributed by atoms with Crippen molar-refractivity contribution < 1.29 is 4.79 Å². The van der Waals surface area contributed by atoms with Gasteiger partial charge in [-0.1, -0.05) is 57.7 Å². The highest BCUT2D eigenvalue weighted by Crippen LogP contribution is 2.25. The fourth-order valence-electron chi connectivity index (χ4n) is 2.58. The molecule has 0 bridgehead atoms. The lowest BCUT2D eigenvalue weighted by atomic mass is 9.95. The van der Waals surface area contributed by atoms with Gasteiger partial charge in [0, 0.05) is 28.4 Å². The van der Waals surface area contributed by atoms with Gasteiger partial charge in [0.15, 0.2) is 0 Å². The molecule has 0 aliphatic heterocycles. The first-order valence-electron chi connectivity index (χ1n) is 9.09. The zero-order valence-corrected chi connectivity index (χ0v) is 16.4. The molecule has 0 radical (unpaired) electrons. The van der Waals surface area contributed by atoms with E-state index in [0.29, 0.717) is 5.82 Å². The van der Waals surface area contributed by atoms with Crippen molar-refractivity contribution in [1.82, 2.24) is 9.97 Å². The van der Waals surface area contributed by atoms with Crippen LogP contribution in [0.5, 0.6) is 0 Å². The van der Waals surface area contributed by atoms with E-state index in [1.54, 1.807) is 0 Å². The lowest BCUT2D eigenvalue weighted by Gasteiger charge is -2.17. The predicted molar refractivity (Wildman–Crippen MR) is 115 cm³/mol. The largest absolute Gasteiger partial charge is 0.340 e. The molecule has 2 N–H and O–H groups in total. The quantitative estimate of drug-likeness (QED) is 0.619. The van der Waals surface area contributed by atoms with Gasteiger partial charge in [0.05, 0.1) is 5.69 Å². The number of hydrogen-bond donors (Lipinski definition) is 2. The first kappa shape index (κ1) is 19.3. The summed E-state index contributed by atoms with van der Waals surface area (Å²) in [6.07, 6.45) is 3.35. The summed E-state index contributed by atoms with van der Waals surface area (Å²) in [4.78, 5) is 20.8. The summed E-state index contributed by atoms with van der Waals surface area (Å²) in [6.45, 7) is 9.52. The molecule has 5 nitrogen and oxygen atoms in total. The number of amides is 1. The minimum Gasteiger partial charge on any atom is -0.340 e. The van der Waals surface area contributed by atoms with Gasteiger partial charge in [-0.3, -0.25) is 4.79 Å². The van der Waals surface area contributed by atoms with Gasteiger partial charge in [0.2, 0.25) is 5.91 Å². The Bertz CT molecular complexity index is 988. The van der Waals surface area contributed by atoms with Gasteiger partial charge in [0.25, 0.3) is 0 Å². The van der Waals surface area contributed by atoms with E-state index in [0.717, 1.165) is 28.2 Å². The monoisotopic (exact) mass is 372 g/mol. The molecule has 3 aromatic rings. The van der Waals surface area contributed by atoms with Crippen molar-refractivity contribution in [3.05, 3.63) is 73.1 Å². The van der Waals surface area contributed by atoms with E-state index in [-0.39, 0.29) is 5.91 Å². The number of hydrogen-bond acceptors (Lipinski definition) is 4. The van der Waals surface area contributed by atoms with Gasteiger partial charge in [-0.05, 0) is 29.8 Å². The molecule has 0 saturated carbocycles. The topological polar surface area (TPSA) is 66.9 Å². The Morgan fingerprint density at radius 1 is 1.00 bits per heavy atom. The van der Waals surface area contributed by atoms with Crippen LogP contribution in [-0.2, 0) is 4.79 Å². The van der Waals surface area contributed by atoms with E-state index in [9.17, 15) is 4.79 Å². The normalized spacial score (nSPS) is 11.0. The first-order chi connectivity index (χ1) is 13.4. The zero-order chi connectivity index (χ0) is 20.1. The number of rotatable bonds is 5. The third-order valence-electron chi connectivity index (χ3n) is 4.22. The van der Waals surface area contributed by atoms with Crippen molar-refractivity contribution in [2.75, 3.05) is 10.6 Å². The van der Waals surface area contributed by atoms with Crippen molar-refractivity contribution in [1.29, 1.82) is 0 Å². The van der Waals surface area contributed by atoms with E-state index in [1.165, 1.54) is 6.33 Å². The Labute approximate surface area is 165 Å². The molecule has 0 aliphatic carbocycles. The van der Waals surface area contributed by atoms with Gasteiger partial charge in [-0.15, -0.1) is 0 Å². The smallest absolute Gasteiger partial charge is 0.229 e. The highest BCUT2D eigenvalue weighted by molar-refractivity contribution is 5.94. The van der Waals surface area contributed by atoms with Gasteiger partial charge in [-0.25, -0.2) is 9.97 Å². The van der Waals surface area contributed by atoms with E-state index in [4.69, 9.17) is 0 Å². The fourth-order valence-corrected chi connectivity index (χ4v) is 2.58. The second kappa shape index (κ2) is 8.05. The molecule has 142 valence electrons. The maximum Gasteiger partial charge on any atom is 0.229 e. The number of nitrogens with zero attached hydrogens (tertiary/aromatic N) is 2. The van der Waals surface area contributed by atoms with Crippen LogP contribution in [-0.4, -0.2) is 15.9 Å². The van der Waals surface area contributed by atoms with Crippen LogP contribution in [0.15, 0.2) is 67.5 Å². The minimum absolute atomic E-state index is 0.0189. The zero-order valence-electron chi connectivity index (χ0n) is 16.4. The molecule has 0 saturated heterocycles. The van der Waals surface area contributed by atoms with Crippen LogP contribution in [0.3, 0.4) is 0 Å². The SMILES string of the molecule is C=Cc1ccccc1-c1cc(Nc2ccc(NC(=O)C(C)(C)C)cc2)ncn1. The molecule has 0 fully saturated rings. The number of benzene rings is 2. The Morgan fingerprint density at radius 3 is 2.36 bits per heavy atom. The number of carbonyl (C=O) groups excluding carboxylic acids is 1. The van der Waals surface area contributed by atoms with E-state index < -0.39 is 5.41 Å². The molecule has 2 aromatic carbocycles. The summed E-state index contributed by atoms with van der Waals surface area (Å²) in [7, 11) is 0. The highest BCUT2D eigenvalue weighted by Gasteiger charge is 2.21. The first-order valence-corrected chi connectivity index (χ1v) is 9.09. The second-order valence-corrected chi connectivity index (χ2v) is 7.49. The van der Waals surface area contributed by atoms with Gasteiger partial charge >= 0.3 is 0 Å². The molecule has 5 heteroatoms. The summed E-state index contributed by atoms with van der Waals surface area (Å²) in [5.74, 6) is 0.671. The molecule has 1 heterocycles. The van der Waals surface area contributed by atoms with Crippen LogP contribution < -0.4 is 10.6 Å². The van der Waals surface area contributed by atoms with Gasteiger partial charge < -0.3 is 10.6 Å². The van der Waals surface area contributed by atoms with Crippen molar-refractivity contribution in [2.45, 2.75) is 20.8 Å². The average Bonchev–Trinajstić information content (AvgIpc) is 2.69. The van der Waals surface area contributed by atoms with Crippen LogP contribution in [0.2, 0.25) is 0 Å². The van der Waals surface area contributed by atoms with E-state index >= 15 is 0 Å². The number of aromatic nitrogens is 2. The molecular weight excluding hydrogens is 348 g/mol. The Balaban J connectivity index is 1.76. The molecule has 0 unspecified atom stereocenters. The Hall–Kier alpha value is -3.47. The van der Waals surface area contributed by atoms with Crippen molar-refractivity contribution in [3.8, 4) is 11.3 Å². The molecule has 28 heavy (non-hydrogen) atoms. The van der Waals surface area contributed by atoms with Crippen LogP contribution in [0, 0.1) is 5.41 Å². The maximum atomic E-state index is 12.1. The van der Waals surface area contributed by atoms with Crippen LogP contribution in [0.1, 0.15) is 26.3 Å². The highest BCUT2D eigenvalue weighted by atomic mass is 16.2. The van der Waals surface area contributed by atoms with E-state index in [1.807, 2.05) is 81.4 Å². The molecule has 0 atom stereocenters. The van der Waals surface area contributed by atoms with Crippen molar-refractivity contribution in [2.24, 2.45) is 5.41 Å². The van der Waals surface area contributed by atoms with Crippen molar-refractivity contribution in [3.63, 3.8) is 0 Å². The van der Waals surface area contributed by atoms with Crippen LogP contribution in [0.4, 0.5) is 17.2 Å². The Kier molecular flexibility index (Phi) is 5.54. The molecule has 3 rings (SSSR count). The summed E-state index contributed by atoms with van der Waals surface area (Å²) >= 11 is 0. The molecule has 1 amide bonds. The number of nitrogens with one attached hydrogen (secondary N) is 2. The number of carbonyl (C=O) groups is 1. The van der Waals surface area contributed by atoms with Gasteiger partial charge in [-0.2, -0.15) is 0 Å². The van der Waals surface area contributed by atoms with Gasteiger partial charge in [0.1, 0.15) is 12.1 Å². The standard InChI is InChI=1S/C23H24N4O/c1-5-16-8-6-7-9-19(16)20-14-21(25-15-24-20)26-17-10-12-18(13-11-17)27-22(28)23(2,3)4/h5-15H,1H2,2-4H3,(H,27,28)(H,24,25,26). The number of anilines is 3. The fraction of sp³-hybridized carbons (Fsp3) is 0.174. The third kappa shape index (κ3) is 4.62. The minimum atomic E-state index is -0.435. The van der Waals surface area contributed by atoms with Crippen LogP contribution >= 0.6 is 0 Å². The lowest BCUT2D eigenvalue weighted by molar-refractivity contribution is -0.123. The van der Waals surface area contributed by atoms with E-state index in [2.05, 4.69) is 27.2 Å². The summed E-state index contributed by atoms with van der Waals surface area (Å²) < 4.78 is 0. The molecule has 0 spiro atoms. The summed E-state index contributed by atoms with van der Waals surface area (Å²) in [5, 5.41) is 6.19.